The lowest BCUT2D eigenvalue weighted by molar-refractivity contribution is -0.461. The van der Waals surface area contributed by atoms with Crippen LogP contribution in [-0.4, -0.2) is 52.3 Å². The van der Waals surface area contributed by atoms with Crippen LogP contribution < -0.4 is 61.6 Å². The molecule has 642 valence electrons. The predicted molar refractivity (Wildman–Crippen MR) is 440 cm³/mol. The molecule has 0 bridgehead atoms. The van der Waals surface area contributed by atoms with Crippen molar-refractivity contribution in [2.24, 2.45) is 0 Å². The molecule has 8 aromatic carbocycles. The molecule has 0 unspecified atom stereocenters. The number of rotatable bonds is 0. The lowest BCUT2D eigenvalue weighted by Gasteiger charge is -2.35. The van der Waals surface area contributed by atoms with Crippen LogP contribution in [0.4, 0.5) is 30.7 Å². The molecule has 1 saturated carbocycles. The van der Waals surface area contributed by atoms with Gasteiger partial charge in [0, 0.05) is 24.0 Å². The van der Waals surface area contributed by atoms with Crippen LogP contribution in [0.15, 0.2) is 133 Å². The van der Waals surface area contributed by atoms with Crippen molar-refractivity contribution >= 4 is 11.6 Å². The van der Waals surface area contributed by atoms with E-state index in [0.717, 1.165) is 93.0 Å². The van der Waals surface area contributed by atoms with E-state index in [1.165, 1.54) is 46.9 Å². The summed E-state index contributed by atoms with van der Waals surface area (Å²) >= 11 is 6.08. The molecule has 8 aromatic rings. The van der Waals surface area contributed by atoms with Crippen molar-refractivity contribution in [2.75, 3.05) is 34.0 Å². The number of hydrogen-bond acceptors (Lipinski definition) is 16. The number of fused-ring (bicyclic) bond motifs is 8. The third-order valence-corrected chi connectivity index (χ3v) is 20.5. The van der Waals surface area contributed by atoms with E-state index in [0.29, 0.717) is 55.7 Å². The Bertz CT molecular complexity index is 4700. The fourth-order valence-corrected chi connectivity index (χ4v) is 12.8. The molecule has 0 atom stereocenters. The summed E-state index contributed by atoms with van der Waals surface area (Å²) in [6.07, 6.45) is -8.67. The summed E-state index contributed by atoms with van der Waals surface area (Å²) in [6.45, 7) is 53.2. The zero-order chi connectivity index (χ0) is 87.0. The fraction of sp³-hybridized carbons (Fsp3) is 0.489. The highest BCUT2D eigenvalue weighted by Crippen LogP contribution is 2.52. The molecule has 0 aromatic heterocycles. The van der Waals surface area contributed by atoms with Gasteiger partial charge in [-0.2, -0.15) is 8.78 Å². The summed E-state index contributed by atoms with van der Waals surface area (Å²) in [4.78, 5) is 0. The van der Waals surface area contributed by atoms with Crippen molar-refractivity contribution in [2.45, 2.75) is 266 Å². The summed E-state index contributed by atoms with van der Waals surface area (Å²) in [5.41, 5.74) is 10.6. The minimum Gasteiger partial charge on any atom is -0.467 e. The van der Waals surface area contributed by atoms with E-state index in [1.54, 1.807) is 12.1 Å². The van der Waals surface area contributed by atoms with Gasteiger partial charge in [0.2, 0.25) is 26.1 Å². The molecule has 8 aliphatic heterocycles. The molecule has 24 heteroatoms. The van der Waals surface area contributed by atoms with Gasteiger partial charge >= 0.3 is 18.7 Å². The maximum Gasteiger partial charge on any atom is 0.586 e. The maximum absolute atomic E-state index is 13.5. The van der Waals surface area contributed by atoms with E-state index in [9.17, 15) is 30.7 Å². The molecule has 1 spiro atoms. The Morgan fingerprint density at radius 3 is 1.15 bits per heavy atom. The van der Waals surface area contributed by atoms with Crippen molar-refractivity contribution < 1.29 is 107 Å². The molecule has 1 aliphatic carbocycles. The van der Waals surface area contributed by atoms with E-state index < -0.39 is 30.0 Å². The van der Waals surface area contributed by atoms with Crippen molar-refractivity contribution in [3.63, 3.8) is 0 Å². The first-order valence-corrected chi connectivity index (χ1v) is 39.8. The standard InChI is InChI=1S/C14H18O2.C12H12F4O2.2C12H16O2.C11H13ClO2.C11H12F2O2.C11H13FO2.C11H14O2/c1-13(2,3)10-5-6-11-12(9-10)16-14(15-11)7-4-8-14;1-10(2,3)7-4-5-9-8(6-7)11(13,14)18-12(15,16)17-9;1-12(2,3)10-4-5-11-9(6-10)7-13-8-14-11;1-12(2,3)10-5-4-9-7-13-8-14-11(9)6-10;1-11(2,3)7-4-8(12)10-9(5-7)13-6-14-10;1-10(2,3)7-4-5-8-9(6-7)15-11(12,13)14-8;1-11(2,3)7-4-8(12)10-9(5-7)13-6-14-10;1-11(2,3)8-4-5-9-10(6-8)13-7-12-9/h5-6,9H,4,7-8H2,1-3H3;4-6H,1-3H3;2*4-6H,7-8H2,1-3H3;4-5H,6H2,1-3H3;4-6H,1-3H3;4-5H,6H2,1-3H3;4-6H,7H2,1-3H3. The summed E-state index contributed by atoms with van der Waals surface area (Å²) in [5.74, 6) is 6.64. The molecule has 8 heterocycles. The second kappa shape index (κ2) is 34.5. The molecule has 118 heavy (non-hydrogen) atoms. The molecule has 0 radical (unpaired) electrons. The van der Waals surface area contributed by atoms with Gasteiger partial charge in [-0.3, -0.25) is 0 Å². The average molecular weight is 1670 g/mol. The highest BCUT2D eigenvalue weighted by atomic mass is 35.5. The van der Waals surface area contributed by atoms with Gasteiger partial charge in [-0.1, -0.05) is 220 Å². The Hall–Kier alpha value is -9.16. The lowest BCUT2D eigenvalue weighted by atomic mass is 9.86. The van der Waals surface area contributed by atoms with Gasteiger partial charge in [0.1, 0.15) is 17.2 Å². The van der Waals surface area contributed by atoms with Crippen LogP contribution in [0, 0.1) is 5.82 Å². The SMILES string of the molecule is CC(C)(C)c1cc(Cl)c2c(c1)OCO2.CC(C)(C)c1cc(F)c2c(c1)OCO2.CC(C)(C)c1ccc2c(c1)C(F)(F)OC(F)(F)O2.CC(C)(C)c1ccc2c(c1)COCO2.CC(C)(C)c1ccc2c(c1)OC(F)(F)O2.CC(C)(C)c1ccc2c(c1)OC1(CCC1)O2.CC(C)(C)c1ccc2c(c1)OCO2.CC(C)(C)c1ccc2c(c1)OCOC2. The van der Waals surface area contributed by atoms with Gasteiger partial charge in [-0.05, 0) is 185 Å². The van der Waals surface area contributed by atoms with Crippen molar-refractivity contribution in [1.29, 1.82) is 0 Å². The van der Waals surface area contributed by atoms with Gasteiger partial charge in [0.15, 0.2) is 71.1 Å². The van der Waals surface area contributed by atoms with Crippen LogP contribution in [0.1, 0.15) is 247 Å². The van der Waals surface area contributed by atoms with Gasteiger partial charge in [0.05, 0.1) is 23.8 Å². The number of benzene rings is 8. The molecule has 0 N–H and O–H groups in total. The second-order valence-corrected chi connectivity index (χ2v) is 38.6. The van der Waals surface area contributed by atoms with E-state index >= 15 is 0 Å². The van der Waals surface area contributed by atoms with Crippen molar-refractivity contribution in [3.05, 3.63) is 205 Å². The molecule has 16 nitrogen and oxygen atoms in total. The first-order valence-electron chi connectivity index (χ1n) is 39.5. The van der Waals surface area contributed by atoms with Crippen LogP contribution in [0.2, 0.25) is 5.02 Å². The number of ether oxygens (including phenoxy) is 16. The number of hydrogen-bond donors (Lipinski definition) is 0. The third-order valence-electron chi connectivity index (χ3n) is 20.2. The topological polar surface area (TPSA) is 148 Å². The highest BCUT2D eigenvalue weighted by Gasteiger charge is 2.55. The van der Waals surface area contributed by atoms with Gasteiger partial charge in [-0.15, -0.1) is 17.6 Å². The van der Waals surface area contributed by atoms with E-state index in [4.69, 9.17) is 68.4 Å². The minimum atomic E-state index is -4.32. The van der Waals surface area contributed by atoms with Crippen LogP contribution in [-0.2, 0) is 76.9 Å². The summed E-state index contributed by atoms with van der Waals surface area (Å²) in [7, 11) is 0. The van der Waals surface area contributed by atoms with Gasteiger partial charge < -0.3 is 71.1 Å². The normalized spacial score (nSPS) is 17.2. The minimum absolute atomic E-state index is 0.0740. The molecule has 9 aliphatic rings. The van der Waals surface area contributed by atoms with Crippen LogP contribution >= 0.6 is 11.6 Å². The van der Waals surface area contributed by atoms with Gasteiger partial charge in [-0.25, -0.2) is 9.13 Å². The largest absolute Gasteiger partial charge is 0.586 e. The summed E-state index contributed by atoms with van der Waals surface area (Å²) in [6, 6.07) is 41.0. The Balaban J connectivity index is 0.000000142. The highest BCUT2D eigenvalue weighted by molar-refractivity contribution is 6.32. The number of halogens is 8. The van der Waals surface area contributed by atoms with Crippen LogP contribution in [0.5, 0.6) is 74.7 Å². The van der Waals surface area contributed by atoms with E-state index in [1.807, 2.05) is 98.7 Å². The maximum atomic E-state index is 13.5. The van der Waals surface area contributed by atoms with Gasteiger partial charge in [0.25, 0.3) is 5.79 Å². The molecule has 0 amide bonds. The first-order chi connectivity index (χ1) is 54.5. The second-order valence-electron chi connectivity index (χ2n) is 38.2. The lowest BCUT2D eigenvalue weighted by Crippen LogP contribution is -2.45. The Kier molecular flexibility index (Phi) is 26.7. The Labute approximate surface area is 695 Å². The molecular formula is C94H114ClF7O16. The number of alkyl halides is 6. The van der Waals surface area contributed by atoms with Crippen molar-refractivity contribution in [1.82, 2.24) is 0 Å². The zero-order valence-corrected chi connectivity index (χ0v) is 73.1. The van der Waals surface area contributed by atoms with Crippen molar-refractivity contribution in [3.8, 4) is 74.7 Å². The smallest absolute Gasteiger partial charge is 0.467 e. The average Bonchev–Trinajstić information content (AvgIpc) is 1.23. The Morgan fingerprint density at radius 2 is 0.636 bits per heavy atom. The molecule has 1 fully saturated rings. The molecule has 17 rings (SSSR count). The quantitative estimate of drug-likeness (QED) is 0.132. The third kappa shape index (κ3) is 23.5. The predicted octanol–water partition coefficient (Wildman–Crippen LogP) is 25.6. The Morgan fingerprint density at radius 1 is 0.288 bits per heavy atom. The monoisotopic (exact) mass is 1670 g/mol. The molecular weight excluding hydrogens is 1550 g/mol. The summed E-state index contributed by atoms with van der Waals surface area (Å²) in [5, 5.41) is 0.630. The van der Waals surface area contributed by atoms with E-state index in [-0.39, 0.29) is 85.8 Å². The van der Waals surface area contributed by atoms with E-state index in [2.05, 4.69) is 177 Å². The summed E-state index contributed by atoms with van der Waals surface area (Å²) < 4.78 is 172. The zero-order valence-electron chi connectivity index (χ0n) is 72.3. The molecule has 0 saturated heterocycles. The first kappa shape index (κ1) is 91.2. The fourth-order valence-electron chi connectivity index (χ4n) is 12.6. The van der Waals surface area contributed by atoms with Crippen LogP contribution in [0.25, 0.3) is 0 Å². The van der Waals surface area contributed by atoms with Crippen LogP contribution in [0.3, 0.4) is 0 Å².